The highest BCUT2D eigenvalue weighted by Gasteiger charge is 2.23. The maximum atomic E-state index is 13.1. The van der Waals surface area contributed by atoms with Gasteiger partial charge < -0.3 is 30.2 Å². The zero-order valence-corrected chi connectivity index (χ0v) is 21.7. The van der Waals surface area contributed by atoms with Gasteiger partial charge in [0.25, 0.3) is 5.56 Å². The number of ether oxygens (including phenoxy) is 1. The first-order valence-corrected chi connectivity index (χ1v) is 12.8. The Morgan fingerprint density at radius 2 is 1.89 bits per heavy atom. The molecule has 1 aromatic heterocycles. The number of nitrogens with one attached hydrogen (secondary N) is 2. The van der Waals surface area contributed by atoms with Gasteiger partial charge in [0.15, 0.2) is 5.69 Å². The van der Waals surface area contributed by atoms with Crippen LogP contribution in [0, 0.1) is 6.92 Å². The van der Waals surface area contributed by atoms with Crippen LogP contribution in [0.2, 0.25) is 5.02 Å². The second-order valence-electron chi connectivity index (χ2n) is 9.41. The Kier molecular flexibility index (Phi) is 8.58. The topological polar surface area (TPSA) is 130 Å². The van der Waals surface area contributed by atoms with Gasteiger partial charge >= 0.3 is 12.0 Å². The highest BCUT2D eigenvalue weighted by Crippen LogP contribution is 2.28. The molecule has 0 spiro atoms. The highest BCUT2D eigenvalue weighted by atomic mass is 35.5. The molecule has 10 heteroatoms. The summed E-state index contributed by atoms with van der Waals surface area (Å²) in [6.07, 6.45) is 5.37. The van der Waals surface area contributed by atoms with E-state index in [1.165, 1.54) is 10.8 Å². The summed E-state index contributed by atoms with van der Waals surface area (Å²) in [5.74, 6) is -0.883. The van der Waals surface area contributed by atoms with Crippen molar-refractivity contribution in [3.63, 3.8) is 0 Å². The summed E-state index contributed by atoms with van der Waals surface area (Å²) < 4.78 is 7.36. The van der Waals surface area contributed by atoms with Crippen molar-refractivity contribution < 1.29 is 24.5 Å². The van der Waals surface area contributed by atoms with E-state index in [0.717, 1.165) is 25.7 Å². The van der Waals surface area contributed by atoms with Crippen LogP contribution < -0.4 is 20.9 Å². The summed E-state index contributed by atoms with van der Waals surface area (Å²) in [6.45, 7) is 1.73. The predicted molar refractivity (Wildman–Crippen MR) is 144 cm³/mol. The Morgan fingerprint density at radius 1 is 1.16 bits per heavy atom. The molecule has 2 aromatic carbocycles. The first-order chi connectivity index (χ1) is 18.2. The number of aliphatic carboxylic acids is 1. The van der Waals surface area contributed by atoms with Crippen molar-refractivity contribution in [2.75, 3.05) is 5.32 Å². The van der Waals surface area contributed by atoms with E-state index >= 15 is 0 Å². The van der Waals surface area contributed by atoms with Gasteiger partial charge in [-0.25, -0.2) is 4.79 Å². The number of rotatable bonds is 9. The van der Waals surface area contributed by atoms with Gasteiger partial charge in [-0.05, 0) is 61.9 Å². The summed E-state index contributed by atoms with van der Waals surface area (Å²) in [5, 5.41) is 25.5. The summed E-state index contributed by atoms with van der Waals surface area (Å²) in [4.78, 5) is 37.7. The smallest absolute Gasteiger partial charge is 0.319 e. The molecule has 0 saturated heterocycles. The lowest BCUT2D eigenvalue weighted by Crippen LogP contribution is -2.36. The fourth-order valence-corrected chi connectivity index (χ4v) is 4.77. The van der Waals surface area contributed by atoms with E-state index in [9.17, 15) is 24.6 Å². The molecule has 0 bridgehead atoms. The number of carbonyl (C=O) groups is 2. The molecule has 0 unspecified atom stereocenters. The Morgan fingerprint density at radius 3 is 2.61 bits per heavy atom. The quantitative estimate of drug-likeness (QED) is 0.295. The van der Waals surface area contributed by atoms with Crippen molar-refractivity contribution in [3.05, 3.63) is 86.8 Å². The van der Waals surface area contributed by atoms with Crippen molar-refractivity contribution in [2.45, 2.75) is 57.7 Å². The number of carboxylic acids is 1. The Hall–Kier alpha value is -3.98. The van der Waals surface area contributed by atoms with Crippen molar-refractivity contribution in [2.24, 2.45) is 0 Å². The standard InChI is InChI=1S/C28H30ClN3O6/c1-17-15-32(16-19-7-2-5-12-22(19)29)27(36)25(26(17)35)31-28(37)30-23(14-24(33)34)18-8-6-11-21(13-18)38-20-9-3-4-10-20/h2,5-8,11-13,15,20,23,35H,3-4,9-10,14,16H2,1H3,(H,33,34)(H2,30,31,37)/t23-/m0/s1. The number of aryl methyl sites for hydroxylation is 1. The van der Waals surface area contributed by atoms with Crippen LogP contribution in [0.3, 0.4) is 0 Å². The maximum absolute atomic E-state index is 13.1. The molecule has 4 N–H and O–H groups in total. The molecule has 1 aliphatic rings. The van der Waals surface area contributed by atoms with Gasteiger partial charge in [-0.15, -0.1) is 0 Å². The largest absolute Gasteiger partial charge is 0.505 e. The van der Waals surface area contributed by atoms with E-state index in [1.54, 1.807) is 55.5 Å². The first kappa shape index (κ1) is 27.1. The minimum absolute atomic E-state index is 0.122. The van der Waals surface area contributed by atoms with Crippen LogP contribution in [0.15, 0.2) is 59.5 Å². The predicted octanol–water partition coefficient (Wildman–Crippen LogP) is 5.22. The zero-order valence-electron chi connectivity index (χ0n) is 20.9. The second kappa shape index (κ2) is 12.0. The number of anilines is 1. The van der Waals surface area contributed by atoms with E-state index in [0.29, 0.717) is 27.5 Å². The Bertz CT molecular complexity index is 1380. The normalized spacial score (nSPS) is 14.2. The van der Waals surface area contributed by atoms with E-state index in [1.807, 2.05) is 0 Å². The van der Waals surface area contributed by atoms with Crippen LogP contribution >= 0.6 is 11.6 Å². The number of hydrogen-bond acceptors (Lipinski definition) is 5. The van der Waals surface area contributed by atoms with E-state index in [4.69, 9.17) is 16.3 Å². The minimum Gasteiger partial charge on any atom is -0.505 e. The third kappa shape index (κ3) is 6.66. The third-order valence-corrected chi connectivity index (χ3v) is 6.89. The second-order valence-corrected chi connectivity index (χ2v) is 9.81. The van der Waals surface area contributed by atoms with Crippen molar-refractivity contribution in [1.29, 1.82) is 0 Å². The van der Waals surface area contributed by atoms with Crippen LogP contribution in [-0.2, 0) is 11.3 Å². The molecule has 1 fully saturated rings. The lowest BCUT2D eigenvalue weighted by molar-refractivity contribution is -0.137. The third-order valence-electron chi connectivity index (χ3n) is 6.52. The molecule has 1 heterocycles. The number of amides is 2. The van der Waals surface area contributed by atoms with Gasteiger partial charge in [-0.3, -0.25) is 9.59 Å². The monoisotopic (exact) mass is 539 g/mol. The van der Waals surface area contributed by atoms with Gasteiger partial charge in [0.05, 0.1) is 25.1 Å². The lowest BCUT2D eigenvalue weighted by Gasteiger charge is -2.20. The molecule has 200 valence electrons. The van der Waals surface area contributed by atoms with Gasteiger partial charge in [0, 0.05) is 16.8 Å². The van der Waals surface area contributed by atoms with Gasteiger partial charge in [0.1, 0.15) is 11.5 Å². The number of carbonyl (C=O) groups excluding carboxylic acids is 1. The summed E-state index contributed by atoms with van der Waals surface area (Å²) in [6, 6.07) is 12.3. The van der Waals surface area contributed by atoms with E-state index in [2.05, 4.69) is 10.6 Å². The molecule has 3 aromatic rings. The maximum Gasteiger partial charge on any atom is 0.319 e. The SMILES string of the molecule is Cc1cn(Cc2ccccc2Cl)c(=O)c(NC(=O)N[C@@H](CC(=O)O)c2cccc(OC3CCCC3)c2)c1O. The molecule has 1 saturated carbocycles. The number of benzene rings is 2. The molecule has 1 aliphatic carbocycles. The number of nitrogens with zero attached hydrogens (tertiary/aromatic N) is 1. The van der Waals surface area contributed by atoms with Crippen LogP contribution in [0.1, 0.15) is 54.8 Å². The molecule has 1 atom stereocenters. The number of aromatic hydroxyl groups is 1. The van der Waals surface area contributed by atoms with Crippen molar-refractivity contribution in [1.82, 2.24) is 9.88 Å². The zero-order chi connectivity index (χ0) is 27.2. The van der Waals surface area contributed by atoms with Gasteiger partial charge in [0.2, 0.25) is 0 Å². The Labute approximate surface area is 225 Å². The number of urea groups is 1. The molecule has 38 heavy (non-hydrogen) atoms. The fraction of sp³-hybridized carbons (Fsp3) is 0.321. The van der Waals surface area contributed by atoms with Gasteiger partial charge in [-0.1, -0.05) is 41.9 Å². The van der Waals surface area contributed by atoms with Crippen LogP contribution in [-0.4, -0.2) is 32.9 Å². The summed E-state index contributed by atoms with van der Waals surface area (Å²) >= 11 is 6.24. The number of carboxylic acid groups (broad SMARTS) is 1. The molecule has 9 nitrogen and oxygen atoms in total. The van der Waals surface area contributed by atoms with Crippen LogP contribution in [0.5, 0.6) is 11.5 Å². The van der Waals surface area contributed by atoms with Crippen LogP contribution in [0.4, 0.5) is 10.5 Å². The molecule has 2 amide bonds. The summed E-state index contributed by atoms with van der Waals surface area (Å²) in [7, 11) is 0. The molecule has 4 rings (SSSR count). The van der Waals surface area contributed by atoms with Gasteiger partial charge in [-0.2, -0.15) is 0 Å². The Balaban J connectivity index is 1.54. The number of halogens is 1. The average molecular weight is 540 g/mol. The number of hydrogen-bond donors (Lipinski definition) is 4. The molecular formula is C28H30ClN3O6. The fourth-order valence-electron chi connectivity index (χ4n) is 4.57. The number of pyridine rings is 1. The minimum atomic E-state index is -1.11. The highest BCUT2D eigenvalue weighted by molar-refractivity contribution is 6.31. The molecule has 0 radical (unpaired) electrons. The van der Waals surface area contributed by atoms with E-state index in [-0.39, 0.29) is 24.1 Å². The van der Waals surface area contributed by atoms with Crippen LogP contribution in [0.25, 0.3) is 0 Å². The van der Waals surface area contributed by atoms with Crippen molar-refractivity contribution in [3.8, 4) is 11.5 Å². The molecular weight excluding hydrogens is 510 g/mol. The number of aromatic nitrogens is 1. The van der Waals surface area contributed by atoms with E-state index < -0.39 is 30.0 Å². The summed E-state index contributed by atoms with van der Waals surface area (Å²) in [5.41, 5.74) is 0.651. The lowest BCUT2D eigenvalue weighted by atomic mass is 10.0. The average Bonchev–Trinajstić information content (AvgIpc) is 3.39. The van der Waals surface area contributed by atoms with Crippen molar-refractivity contribution >= 4 is 29.3 Å². The first-order valence-electron chi connectivity index (χ1n) is 12.4. The molecule has 0 aliphatic heterocycles.